The molecule has 3 heterocycles. The fraction of sp³-hybridized carbons (Fsp3) is 0.609. The molecule has 2 aliphatic rings. The van der Waals surface area contributed by atoms with Gasteiger partial charge in [0.05, 0.1) is 6.26 Å². The molecule has 0 bridgehead atoms. The van der Waals surface area contributed by atoms with Crippen molar-refractivity contribution in [1.82, 2.24) is 25.3 Å². The van der Waals surface area contributed by atoms with Gasteiger partial charge in [-0.15, -0.1) is 0 Å². The van der Waals surface area contributed by atoms with Crippen LogP contribution in [0.2, 0.25) is 0 Å². The highest BCUT2D eigenvalue weighted by Gasteiger charge is 2.38. The highest BCUT2D eigenvalue weighted by atomic mass is 16.5. The van der Waals surface area contributed by atoms with E-state index >= 15 is 0 Å². The summed E-state index contributed by atoms with van der Waals surface area (Å²) >= 11 is 0. The maximum absolute atomic E-state index is 12.7. The fourth-order valence-corrected chi connectivity index (χ4v) is 4.71. The van der Waals surface area contributed by atoms with Gasteiger partial charge in [0.15, 0.2) is 11.6 Å². The van der Waals surface area contributed by atoms with E-state index in [4.69, 9.17) is 8.94 Å². The molecule has 1 saturated heterocycles. The van der Waals surface area contributed by atoms with Crippen molar-refractivity contribution in [3.05, 3.63) is 35.9 Å². The molecule has 1 aliphatic carbocycles. The van der Waals surface area contributed by atoms with Crippen LogP contribution in [-0.4, -0.2) is 63.8 Å². The number of nitrogens with one attached hydrogen (secondary N) is 1. The molecule has 178 valence electrons. The van der Waals surface area contributed by atoms with Gasteiger partial charge in [0.2, 0.25) is 17.7 Å². The van der Waals surface area contributed by atoms with Gasteiger partial charge in [0, 0.05) is 45.9 Å². The predicted molar refractivity (Wildman–Crippen MR) is 117 cm³/mol. The largest absolute Gasteiger partial charge is 0.459 e. The third-order valence-electron chi connectivity index (χ3n) is 6.47. The lowest BCUT2D eigenvalue weighted by Gasteiger charge is -2.34. The maximum atomic E-state index is 12.7. The van der Waals surface area contributed by atoms with E-state index in [-0.39, 0.29) is 24.1 Å². The van der Waals surface area contributed by atoms with Crippen LogP contribution in [0.3, 0.4) is 0 Å². The second-order valence-electron chi connectivity index (χ2n) is 8.84. The van der Waals surface area contributed by atoms with E-state index in [1.54, 1.807) is 21.9 Å². The maximum Gasteiger partial charge on any atom is 0.289 e. The van der Waals surface area contributed by atoms with E-state index in [1.165, 1.54) is 13.2 Å². The monoisotopic (exact) mass is 457 g/mol. The highest BCUT2D eigenvalue weighted by Crippen LogP contribution is 2.34. The number of piperazine rings is 1. The molecule has 0 unspecified atom stereocenters. The van der Waals surface area contributed by atoms with Gasteiger partial charge in [0.25, 0.3) is 5.91 Å². The first-order valence-corrected chi connectivity index (χ1v) is 11.7. The van der Waals surface area contributed by atoms with Crippen LogP contribution in [-0.2, 0) is 21.5 Å². The van der Waals surface area contributed by atoms with E-state index in [9.17, 15) is 14.4 Å². The predicted octanol–water partition coefficient (Wildman–Crippen LogP) is 2.27. The molecule has 0 radical (unpaired) electrons. The van der Waals surface area contributed by atoms with E-state index in [0.29, 0.717) is 50.1 Å². The number of carbonyl (C=O) groups is 3. The molecular formula is C23H31N5O5. The summed E-state index contributed by atoms with van der Waals surface area (Å²) in [7, 11) is 0. The van der Waals surface area contributed by atoms with Gasteiger partial charge < -0.3 is 24.1 Å². The number of aromatic nitrogens is 2. The second-order valence-corrected chi connectivity index (χ2v) is 8.84. The van der Waals surface area contributed by atoms with Crippen molar-refractivity contribution in [3.8, 4) is 0 Å². The molecule has 10 heteroatoms. The van der Waals surface area contributed by atoms with Gasteiger partial charge in [-0.3, -0.25) is 14.4 Å². The number of hydrogen-bond acceptors (Lipinski definition) is 7. The van der Waals surface area contributed by atoms with E-state index in [1.807, 2.05) is 0 Å². The molecule has 2 aromatic heterocycles. The topological polar surface area (TPSA) is 122 Å². The number of aryl methyl sites for hydroxylation is 1. The number of nitrogens with zero attached hydrogens (tertiary/aromatic N) is 4. The number of hydrogen-bond donors (Lipinski definition) is 1. The van der Waals surface area contributed by atoms with Crippen molar-refractivity contribution in [2.45, 2.75) is 63.8 Å². The van der Waals surface area contributed by atoms with Gasteiger partial charge in [-0.05, 0) is 25.0 Å². The molecule has 1 N–H and O–H groups in total. The standard InChI is InChI=1S/C23H31N5O5/c1-17(29)25-23(10-4-2-3-5-11-23)22-24-19(33-26-22)8-9-20(30)27-12-14-28(15-13-27)21(31)18-7-6-16-32-18/h6-7,16H,2-5,8-15H2,1H3,(H,25,29). The molecule has 1 aliphatic heterocycles. The smallest absolute Gasteiger partial charge is 0.289 e. The minimum absolute atomic E-state index is 0.00844. The van der Waals surface area contributed by atoms with E-state index < -0.39 is 5.54 Å². The summed E-state index contributed by atoms with van der Waals surface area (Å²) in [6.45, 7) is 3.40. The van der Waals surface area contributed by atoms with Crippen molar-refractivity contribution >= 4 is 17.7 Å². The molecule has 0 spiro atoms. The lowest BCUT2D eigenvalue weighted by Crippen LogP contribution is -2.50. The number of furan rings is 1. The van der Waals surface area contributed by atoms with Gasteiger partial charge in [0.1, 0.15) is 5.54 Å². The Hall–Kier alpha value is -3.17. The number of amides is 3. The molecule has 2 aromatic rings. The van der Waals surface area contributed by atoms with Gasteiger partial charge in [-0.25, -0.2) is 0 Å². The zero-order valence-corrected chi connectivity index (χ0v) is 19.0. The Labute approximate surface area is 192 Å². The van der Waals surface area contributed by atoms with Crippen LogP contribution < -0.4 is 5.32 Å². The van der Waals surface area contributed by atoms with Gasteiger partial charge in [-0.1, -0.05) is 30.8 Å². The number of rotatable bonds is 6. The van der Waals surface area contributed by atoms with Crippen molar-refractivity contribution in [2.24, 2.45) is 0 Å². The average Bonchev–Trinajstić information content (AvgIpc) is 3.47. The van der Waals surface area contributed by atoms with Crippen LogP contribution in [0.5, 0.6) is 0 Å². The molecule has 10 nitrogen and oxygen atoms in total. The highest BCUT2D eigenvalue weighted by molar-refractivity contribution is 5.91. The Morgan fingerprint density at radius 2 is 1.76 bits per heavy atom. The molecule has 0 aromatic carbocycles. The van der Waals surface area contributed by atoms with E-state index in [0.717, 1.165) is 38.5 Å². The summed E-state index contributed by atoms with van der Waals surface area (Å²) in [5.74, 6) is 0.949. The van der Waals surface area contributed by atoms with Crippen LogP contribution in [0.1, 0.15) is 74.1 Å². The van der Waals surface area contributed by atoms with Crippen LogP contribution in [0.4, 0.5) is 0 Å². The Morgan fingerprint density at radius 1 is 1.06 bits per heavy atom. The van der Waals surface area contributed by atoms with Crippen LogP contribution in [0.25, 0.3) is 0 Å². The fourth-order valence-electron chi connectivity index (χ4n) is 4.71. The Morgan fingerprint density at radius 3 is 2.39 bits per heavy atom. The molecule has 1 saturated carbocycles. The van der Waals surface area contributed by atoms with Gasteiger partial charge in [-0.2, -0.15) is 4.98 Å². The van der Waals surface area contributed by atoms with Crippen molar-refractivity contribution in [3.63, 3.8) is 0 Å². The lowest BCUT2D eigenvalue weighted by molar-refractivity contribution is -0.132. The first-order valence-electron chi connectivity index (χ1n) is 11.7. The third-order valence-corrected chi connectivity index (χ3v) is 6.47. The Kier molecular flexibility index (Phi) is 7.10. The molecule has 0 atom stereocenters. The van der Waals surface area contributed by atoms with Crippen molar-refractivity contribution in [1.29, 1.82) is 0 Å². The minimum Gasteiger partial charge on any atom is -0.459 e. The lowest BCUT2D eigenvalue weighted by atomic mass is 9.89. The molecular weight excluding hydrogens is 426 g/mol. The van der Waals surface area contributed by atoms with Crippen LogP contribution in [0, 0.1) is 0 Å². The van der Waals surface area contributed by atoms with Crippen LogP contribution >= 0.6 is 0 Å². The minimum atomic E-state index is -0.592. The first kappa shape index (κ1) is 23.0. The summed E-state index contributed by atoms with van der Waals surface area (Å²) in [4.78, 5) is 44.9. The Bertz CT molecular complexity index is 954. The first-order chi connectivity index (χ1) is 16.0. The van der Waals surface area contributed by atoms with Gasteiger partial charge >= 0.3 is 0 Å². The normalized spacial score (nSPS) is 18.6. The van der Waals surface area contributed by atoms with Crippen molar-refractivity contribution < 1.29 is 23.3 Å². The molecule has 2 fully saturated rings. The summed E-state index contributed by atoms with van der Waals surface area (Å²) < 4.78 is 10.6. The second kappa shape index (κ2) is 10.2. The quantitative estimate of drug-likeness (QED) is 0.660. The zero-order chi connectivity index (χ0) is 23.3. The summed E-state index contributed by atoms with van der Waals surface area (Å²) in [6, 6.07) is 3.33. The molecule has 33 heavy (non-hydrogen) atoms. The molecule has 3 amide bonds. The zero-order valence-electron chi connectivity index (χ0n) is 19.0. The number of carbonyl (C=O) groups excluding carboxylic acids is 3. The summed E-state index contributed by atoms with van der Waals surface area (Å²) in [6.07, 6.45) is 7.88. The SMILES string of the molecule is CC(=O)NC1(c2noc(CCC(=O)N3CCN(C(=O)c4ccco4)CC3)n2)CCCCCC1. The summed E-state index contributed by atoms with van der Waals surface area (Å²) in [5.41, 5.74) is -0.592. The van der Waals surface area contributed by atoms with Crippen LogP contribution in [0.15, 0.2) is 27.3 Å². The average molecular weight is 458 g/mol. The van der Waals surface area contributed by atoms with Crippen molar-refractivity contribution in [2.75, 3.05) is 26.2 Å². The van der Waals surface area contributed by atoms with E-state index in [2.05, 4.69) is 15.5 Å². The summed E-state index contributed by atoms with van der Waals surface area (Å²) in [5, 5.41) is 7.24. The molecule has 4 rings (SSSR count). The third kappa shape index (κ3) is 5.43. The Balaban J connectivity index is 1.30.